The zero-order valence-corrected chi connectivity index (χ0v) is 11.5. The summed E-state index contributed by atoms with van der Waals surface area (Å²) in [6.07, 6.45) is 1.69. The molecule has 0 atom stereocenters. The first kappa shape index (κ1) is 10.4. The minimum Gasteiger partial charge on any atom is -0.256 e. The molecule has 1 nitrogen and oxygen atoms in total. The van der Waals surface area contributed by atoms with E-state index in [1.807, 2.05) is 52.9 Å². The lowest BCUT2D eigenvalue weighted by molar-refractivity contribution is 0.621. The van der Waals surface area contributed by atoms with Crippen molar-refractivity contribution < 1.29 is 5.76 Å². The highest BCUT2D eigenvalue weighted by Crippen LogP contribution is 2.27. The van der Waals surface area contributed by atoms with Crippen molar-refractivity contribution in [3.63, 3.8) is 0 Å². The summed E-state index contributed by atoms with van der Waals surface area (Å²) in [5, 5.41) is 1.96. The van der Waals surface area contributed by atoms with Gasteiger partial charge in [0, 0.05) is 20.7 Å². The predicted octanol–water partition coefficient (Wildman–Crippen LogP) is 4.65. The lowest BCUT2D eigenvalue weighted by Crippen LogP contribution is -1.88. The maximum Gasteiger partial charge on any atom is 0.137 e. The maximum atomic E-state index is 13.9. The molecule has 0 saturated heterocycles. The van der Waals surface area contributed by atoms with Crippen molar-refractivity contribution in [2.75, 3.05) is 0 Å². The van der Waals surface area contributed by atoms with E-state index >= 15 is 0 Å². The molecule has 0 radical (unpaired) electrons. The van der Waals surface area contributed by atoms with Crippen LogP contribution in [0.5, 0.6) is 0 Å². The average Bonchev–Trinajstić information content (AvgIpc) is 2.45. The number of pyridine rings is 1. The lowest BCUT2D eigenvalue weighted by atomic mass is 10.0. The first-order valence-electron chi connectivity index (χ1n) is 5.97. The minimum absolute atomic E-state index is 0.101. The molecule has 3 rings (SSSR count). The summed E-state index contributed by atoms with van der Waals surface area (Å²) in [7, 11) is 0. The lowest BCUT2D eigenvalue weighted by Gasteiger charge is -2.06. The Kier molecular flexibility index (Phi) is 2.69. The fraction of sp³-hybridized carbons (Fsp3) is 0. The van der Waals surface area contributed by atoms with Crippen molar-refractivity contribution >= 4 is 33.4 Å². The van der Waals surface area contributed by atoms with Gasteiger partial charge in [-0.3, -0.25) is 4.98 Å². The largest absolute Gasteiger partial charge is 0.256 e. The van der Waals surface area contributed by atoms with E-state index < -0.39 is 5.82 Å². The summed E-state index contributed by atoms with van der Waals surface area (Å²) in [4.78, 5) is 4.32. The molecule has 0 aliphatic carbocycles. The van der Waals surface area contributed by atoms with Gasteiger partial charge in [-0.1, -0.05) is 30.3 Å². The summed E-state index contributed by atoms with van der Waals surface area (Å²) in [6.45, 7) is 0. The molecule has 0 aliphatic heterocycles. The Bertz CT molecular complexity index is 768. The molecule has 3 heteroatoms. The molecule has 1 aromatic heterocycles. The van der Waals surface area contributed by atoms with E-state index in [1.165, 1.54) is 0 Å². The van der Waals surface area contributed by atoms with Gasteiger partial charge in [0.15, 0.2) is 0 Å². The van der Waals surface area contributed by atoms with Crippen LogP contribution in [0.2, 0.25) is 0 Å². The zero-order valence-electron chi connectivity index (χ0n) is 10.3. The van der Waals surface area contributed by atoms with E-state index in [9.17, 15) is 4.39 Å². The molecule has 18 heavy (non-hydrogen) atoms. The van der Waals surface area contributed by atoms with Gasteiger partial charge in [0.05, 0.1) is 7.06 Å². The van der Waals surface area contributed by atoms with Crippen molar-refractivity contribution in [2.45, 2.75) is 0 Å². The van der Waals surface area contributed by atoms with Gasteiger partial charge in [-0.15, -0.1) is 0 Å². The van der Waals surface area contributed by atoms with Crippen LogP contribution < -0.4 is 0 Å². The number of benzene rings is 2. The Morgan fingerprint density at radius 2 is 1.94 bits per heavy atom. The first-order chi connectivity index (χ1) is 9.18. The van der Waals surface area contributed by atoms with Crippen LogP contribution in [-0.2, 0) is 0 Å². The normalized spacial score (nSPS) is 11.6. The van der Waals surface area contributed by atoms with E-state index in [0.717, 1.165) is 10.8 Å². The topological polar surface area (TPSA) is 12.9 Å². The predicted molar refractivity (Wildman–Crippen MR) is 79.9 cm³/mol. The van der Waals surface area contributed by atoms with E-state index in [2.05, 4.69) is 4.98 Å². The molecule has 0 saturated carbocycles. The number of rotatable bonds is 1. The highest BCUT2D eigenvalue weighted by atomic mass is 127. The van der Waals surface area contributed by atoms with Gasteiger partial charge >= 0.3 is 0 Å². The van der Waals surface area contributed by atoms with Crippen LogP contribution in [0, 0.1) is 9.39 Å². The molecule has 2 aromatic carbocycles. The third kappa shape index (κ3) is 1.99. The Morgan fingerprint density at radius 3 is 2.83 bits per heavy atom. The standard InChI is InChI=1S/C15H9FIN/c16-13-9-11(5-6-14(13)17)15-12-4-2-1-3-10(12)7-8-18-15/h1-9H/i9D. The average molecular weight is 350 g/mol. The third-order valence-corrected chi connectivity index (χ3v) is 3.61. The summed E-state index contributed by atoms with van der Waals surface area (Å²) < 4.78 is 22.2. The third-order valence-electron chi connectivity index (χ3n) is 2.78. The van der Waals surface area contributed by atoms with E-state index in [-0.39, 0.29) is 6.04 Å². The number of fused-ring (bicyclic) bond motifs is 1. The van der Waals surface area contributed by atoms with Crippen LogP contribution in [0.25, 0.3) is 22.0 Å². The van der Waals surface area contributed by atoms with Crippen LogP contribution in [0.3, 0.4) is 0 Å². The first-order valence-corrected chi connectivity index (χ1v) is 6.55. The second-order valence-electron chi connectivity index (χ2n) is 3.91. The van der Waals surface area contributed by atoms with Crippen molar-refractivity contribution in [1.82, 2.24) is 4.98 Å². The summed E-state index contributed by atoms with van der Waals surface area (Å²) in [5.41, 5.74) is 1.17. The van der Waals surface area contributed by atoms with Gasteiger partial charge in [0.25, 0.3) is 0 Å². The number of hydrogen-bond acceptors (Lipinski definition) is 1. The van der Waals surface area contributed by atoms with Crippen LogP contribution in [0.4, 0.5) is 4.39 Å². The number of nitrogens with zero attached hydrogens (tertiary/aromatic N) is 1. The Hall–Kier alpha value is -1.49. The van der Waals surface area contributed by atoms with Crippen LogP contribution in [-0.4, -0.2) is 4.98 Å². The zero-order chi connectivity index (χ0) is 13.4. The number of halogens is 2. The van der Waals surface area contributed by atoms with E-state index in [4.69, 9.17) is 1.37 Å². The fourth-order valence-electron chi connectivity index (χ4n) is 1.92. The highest BCUT2D eigenvalue weighted by Gasteiger charge is 2.07. The summed E-state index contributed by atoms with van der Waals surface area (Å²) in [5.74, 6) is -0.493. The van der Waals surface area contributed by atoms with Crippen molar-refractivity contribution in [2.24, 2.45) is 0 Å². The second kappa shape index (κ2) is 4.65. The number of hydrogen-bond donors (Lipinski definition) is 0. The minimum atomic E-state index is -0.493. The molecule has 0 bridgehead atoms. The van der Waals surface area contributed by atoms with Gasteiger partial charge in [-0.2, -0.15) is 0 Å². The second-order valence-corrected chi connectivity index (χ2v) is 5.08. The van der Waals surface area contributed by atoms with Crippen LogP contribution in [0.15, 0.2) is 54.7 Å². The maximum absolute atomic E-state index is 13.9. The van der Waals surface area contributed by atoms with Crippen LogP contribution in [0.1, 0.15) is 1.37 Å². The Morgan fingerprint density at radius 1 is 1.11 bits per heavy atom. The molecule has 1 heterocycles. The van der Waals surface area contributed by atoms with E-state index in [1.54, 1.807) is 18.3 Å². The fourth-order valence-corrected chi connectivity index (χ4v) is 2.24. The monoisotopic (exact) mass is 350 g/mol. The van der Waals surface area contributed by atoms with Gasteiger partial charge < -0.3 is 0 Å². The van der Waals surface area contributed by atoms with Gasteiger partial charge in [0.1, 0.15) is 5.82 Å². The van der Waals surface area contributed by atoms with Crippen molar-refractivity contribution in [1.29, 1.82) is 0 Å². The van der Waals surface area contributed by atoms with Gasteiger partial charge in [-0.05, 0) is 46.2 Å². The Labute approximate surface area is 119 Å². The molecule has 0 aliphatic rings. The van der Waals surface area contributed by atoms with Crippen molar-refractivity contribution in [3.8, 4) is 11.3 Å². The molecule has 0 N–H and O–H groups in total. The molecule has 0 unspecified atom stereocenters. The molecular weight excluding hydrogens is 340 g/mol. The molecule has 88 valence electrons. The van der Waals surface area contributed by atoms with Gasteiger partial charge in [-0.25, -0.2) is 4.39 Å². The molecule has 0 spiro atoms. The van der Waals surface area contributed by atoms with Gasteiger partial charge in [0.2, 0.25) is 0 Å². The molecule has 0 fully saturated rings. The van der Waals surface area contributed by atoms with E-state index in [0.29, 0.717) is 14.8 Å². The number of aromatic nitrogens is 1. The molecule has 0 amide bonds. The SMILES string of the molecule is [2H]c1c(-c2nccc3ccccc23)ccc(I)c1F. The highest BCUT2D eigenvalue weighted by molar-refractivity contribution is 14.1. The molecular formula is C15H9FIN. The van der Waals surface area contributed by atoms with Crippen LogP contribution >= 0.6 is 22.6 Å². The molecule has 3 aromatic rings. The Balaban J connectivity index is 2.34. The quantitative estimate of drug-likeness (QED) is 0.583. The summed E-state index contributed by atoms with van der Waals surface area (Å²) >= 11 is 1.89. The van der Waals surface area contributed by atoms with Crippen molar-refractivity contribution in [3.05, 3.63) is 64.1 Å². The summed E-state index contributed by atoms with van der Waals surface area (Å²) in [6, 6.07) is 13.0. The smallest absolute Gasteiger partial charge is 0.137 e.